The summed E-state index contributed by atoms with van der Waals surface area (Å²) >= 11 is 0. The van der Waals surface area contributed by atoms with E-state index in [1.165, 1.54) is 19.3 Å². The van der Waals surface area contributed by atoms with Crippen molar-refractivity contribution < 1.29 is 66.9 Å². The lowest BCUT2D eigenvalue weighted by atomic mass is 10.1. The Morgan fingerprint density at radius 1 is 0.370 bits per heavy atom. The number of carbonyl (C=O) groups is 3. The molecule has 0 aromatic rings. The van der Waals surface area contributed by atoms with Crippen LogP contribution >= 0.6 is 0 Å². The molecule has 272 valence electrons. The fraction of sp³-hybridized carbons (Fsp3) is 0.906. The molecule has 0 rings (SSSR count). The Balaban J connectivity index is 3.14. The maximum absolute atomic E-state index is 11.6. The van der Waals surface area contributed by atoms with E-state index in [0.717, 1.165) is 12.8 Å². The number of aliphatic carboxylic acids is 1. The van der Waals surface area contributed by atoms with Crippen LogP contribution in [0.25, 0.3) is 0 Å². The molecule has 0 radical (unpaired) electrons. The number of esters is 2. The number of ether oxygens (including phenoxy) is 10. The summed E-state index contributed by atoms with van der Waals surface area (Å²) < 4.78 is 53.5. The van der Waals surface area contributed by atoms with Crippen LogP contribution in [-0.4, -0.2) is 142 Å². The van der Waals surface area contributed by atoms with Gasteiger partial charge in [-0.2, -0.15) is 0 Å². The van der Waals surface area contributed by atoms with Crippen molar-refractivity contribution in [3.05, 3.63) is 0 Å². The minimum Gasteiger partial charge on any atom is -0.481 e. The molecule has 0 bridgehead atoms. The zero-order valence-electron chi connectivity index (χ0n) is 28.1. The number of rotatable bonds is 38. The summed E-state index contributed by atoms with van der Waals surface area (Å²) in [6.07, 6.45) is 7.26. The summed E-state index contributed by atoms with van der Waals surface area (Å²) in [6, 6.07) is 0. The molecule has 0 aliphatic rings. The maximum Gasteiger partial charge on any atom is 0.305 e. The molecule has 0 saturated carbocycles. The zero-order valence-corrected chi connectivity index (χ0v) is 28.1. The molecule has 0 unspecified atom stereocenters. The third kappa shape index (κ3) is 38.3. The zero-order chi connectivity index (χ0) is 33.6. The maximum atomic E-state index is 11.6. The number of carbonyl (C=O) groups excluding carboxylic acids is 2. The molecule has 14 nitrogen and oxygen atoms in total. The highest BCUT2D eigenvalue weighted by atomic mass is 16.6. The van der Waals surface area contributed by atoms with E-state index in [1.807, 2.05) is 0 Å². The highest BCUT2D eigenvalue weighted by Crippen LogP contribution is 2.05. The van der Waals surface area contributed by atoms with E-state index in [0.29, 0.717) is 118 Å². The van der Waals surface area contributed by atoms with Gasteiger partial charge in [-0.25, -0.2) is 0 Å². The van der Waals surface area contributed by atoms with Crippen LogP contribution in [0.3, 0.4) is 0 Å². The van der Waals surface area contributed by atoms with Crippen LogP contribution in [0, 0.1) is 0 Å². The summed E-state index contributed by atoms with van der Waals surface area (Å²) in [6.45, 7) is 9.60. The van der Waals surface area contributed by atoms with Crippen molar-refractivity contribution in [1.82, 2.24) is 0 Å². The molecule has 0 spiro atoms. The first-order chi connectivity index (χ1) is 22.6. The molecule has 0 atom stereocenters. The first kappa shape index (κ1) is 44.1. The molecule has 0 aromatic heterocycles. The van der Waals surface area contributed by atoms with Gasteiger partial charge in [0, 0.05) is 19.3 Å². The van der Waals surface area contributed by atoms with Gasteiger partial charge in [0.25, 0.3) is 0 Å². The minimum atomic E-state index is -0.864. The van der Waals surface area contributed by atoms with Crippen LogP contribution in [0.2, 0.25) is 0 Å². The molecule has 14 heteroatoms. The highest BCUT2D eigenvalue weighted by Gasteiger charge is 2.05. The lowest BCUT2D eigenvalue weighted by Gasteiger charge is -2.09. The standard InChI is InChI=1S/C32H60O14/c1-2-3-4-5-6-10-31(35)45-28-26-43-24-22-41-20-18-39-16-14-37-12-13-38-15-17-40-19-21-42-23-25-44-27-29-46-32(36)11-8-7-9-30(33)34/h2-29H2,1H3,(H,33,34). The van der Waals surface area contributed by atoms with Crippen LogP contribution in [0.5, 0.6) is 0 Å². The number of hydrogen-bond acceptors (Lipinski definition) is 13. The van der Waals surface area contributed by atoms with Gasteiger partial charge < -0.3 is 52.5 Å². The fourth-order valence-electron chi connectivity index (χ4n) is 3.63. The number of unbranched alkanes of at least 4 members (excludes halogenated alkanes) is 5. The van der Waals surface area contributed by atoms with Crippen molar-refractivity contribution in [1.29, 1.82) is 0 Å². The Morgan fingerprint density at radius 3 is 0.935 bits per heavy atom. The average molecular weight is 669 g/mol. The summed E-state index contributed by atoms with van der Waals surface area (Å²) in [5, 5.41) is 8.54. The van der Waals surface area contributed by atoms with Crippen molar-refractivity contribution in [2.45, 2.75) is 71.1 Å². The van der Waals surface area contributed by atoms with E-state index in [9.17, 15) is 14.4 Å². The molecule has 0 aromatic carbocycles. The third-order valence-corrected chi connectivity index (χ3v) is 6.09. The molecule has 0 heterocycles. The SMILES string of the molecule is CCCCCCCC(=O)OCCOCCOCCOCCOCCOCCOCCOCCOCCOC(=O)CCCCC(=O)O. The molecule has 0 aliphatic carbocycles. The second-order valence-electron chi connectivity index (χ2n) is 10.1. The molecular formula is C32H60O14. The third-order valence-electron chi connectivity index (χ3n) is 6.09. The van der Waals surface area contributed by atoms with E-state index in [1.54, 1.807) is 0 Å². The van der Waals surface area contributed by atoms with Gasteiger partial charge in [0.1, 0.15) is 13.2 Å². The Morgan fingerprint density at radius 2 is 0.630 bits per heavy atom. The van der Waals surface area contributed by atoms with E-state index in [4.69, 9.17) is 52.5 Å². The van der Waals surface area contributed by atoms with Crippen LogP contribution in [0.1, 0.15) is 71.1 Å². The van der Waals surface area contributed by atoms with E-state index >= 15 is 0 Å². The van der Waals surface area contributed by atoms with Crippen molar-refractivity contribution in [3.63, 3.8) is 0 Å². The molecule has 46 heavy (non-hydrogen) atoms. The van der Waals surface area contributed by atoms with E-state index < -0.39 is 5.97 Å². The Kier molecular flexibility index (Phi) is 36.0. The van der Waals surface area contributed by atoms with Crippen molar-refractivity contribution in [2.24, 2.45) is 0 Å². The first-order valence-electron chi connectivity index (χ1n) is 16.7. The van der Waals surface area contributed by atoms with E-state index in [-0.39, 0.29) is 44.6 Å². The monoisotopic (exact) mass is 668 g/mol. The number of hydrogen-bond donors (Lipinski definition) is 1. The predicted molar refractivity (Wildman–Crippen MR) is 168 cm³/mol. The topological polar surface area (TPSA) is 164 Å². The smallest absolute Gasteiger partial charge is 0.305 e. The lowest BCUT2D eigenvalue weighted by Crippen LogP contribution is -2.15. The lowest BCUT2D eigenvalue weighted by molar-refractivity contribution is -0.146. The van der Waals surface area contributed by atoms with Crippen LogP contribution < -0.4 is 0 Å². The second kappa shape index (κ2) is 37.5. The summed E-state index contributed by atoms with van der Waals surface area (Å²) in [5.41, 5.74) is 0. The van der Waals surface area contributed by atoms with Crippen LogP contribution in [0.4, 0.5) is 0 Å². The van der Waals surface area contributed by atoms with Gasteiger partial charge in [0.15, 0.2) is 0 Å². The van der Waals surface area contributed by atoms with Crippen molar-refractivity contribution >= 4 is 17.9 Å². The largest absolute Gasteiger partial charge is 0.481 e. The fourth-order valence-corrected chi connectivity index (χ4v) is 3.63. The Labute approximate surface area is 274 Å². The average Bonchev–Trinajstić information content (AvgIpc) is 3.04. The van der Waals surface area contributed by atoms with Crippen LogP contribution in [-0.2, 0) is 61.8 Å². The van der Waals surface area contributed by atoms with Gasteiger partial charge in [-0.15, -0.1) is 0 Å². The molecular weight excluding hydrogens is 608 g/mol. The molecule has 0 amide bonds. The Hall–Kier alpha value is -1.91. The van der Waals surface area contributed by atoms with Gasteiger partial charge in [-0.3, -0.25) is 14.4 Å². The summed E-state index contributed by atoms with van der Waals surface area (Å²) in [5.74, 6) is -1.37. The predicted octanol–water partition coefficient (Wildman–Crippen LogP) is 3.21. The summed E-state index contributed by atoms with van der Waals surface area (Å²) in [7, 11) is 0. The second-order valence-corrected chi connectivity index (χ2v) is 10.1. The molecule has 0 aliphatic heterocycles. The van der Waals surface area contributed by atoms with Crippen molar-refractivity contribution in [2.75, 3.05) is 119 Å². The van der Waals surface area contributed by atoms with Gasteiger partial charge in [0.05, 0.1) is 106 Å². The molecule has 0 fully saturated rings. The van der Waals surface area contributed by atoms with Gasteiger partial charge in [-0.1, -0.05) is 32.6 Å². The quantitative estimate of drug-likeness (QED) is 0.0753. The minimum absolute atomic E-state index is 0.0588. The normalized spacial score (nSPS) is 11.2. The first-order valence-corrected chi connectivity index (χ1v) is 16.7. The van der Waals surface area contributed by atoms with Gasteiger partial charge >= 0.3 is 17.9 Å². The van der Waals surface area contributed by atoms with Gasteiger partial charge in [-0.05, 0) is 19.3 Å². The summed E-state index contributed by atoms with van der Waals surface area (Å²) in [4.78, 5) is 33.5. The Bertz CT molecular complexity index is 679. The van der Waals surface area contributed by atoms with Crippen LogP contribution in [0.15, 0.2) is 0 Å². The number of carboxylic acid groups (broad SMARTS) is 1. The number of carboxylic acids is 1. The van der Waals surface area contributed by atoms with E-state index in [2.05, 4.69) is 6.92 Å². The van der Waals surface area contributed by atoms with Gasteiger partial charge in [0.2, 0.25) is 0 Å². The highest BCUT2D eigenvalue weighted by molar-refractivity contribution is 5.70. The molecule has 0 saturated heterocycles. The van der Waals surface area contributed by atoms with Crippen molar-refractivity contribution in [3.8, 4) is 0 Å². The molecule has 1 N–H and O–H groups in total.